The average molecular weight is 332 g/mol. The van der Waals surface area contributed by atoms with Crippen molar-refractivity contribution < 1.29 is 9.72 Å². The van der Waals surface area contributed by atoms with Gasteiger partial charge in [0.05, 0.1) is 15.6 Å². The number of amides is 1. The summed E-state index contributed by atoms with van der Waals surface area (Å²) in [5.74, 6) is -0.445. The maximum atomic E-state index is 12.3. The van der Waals surface area contributed by atoms with Gasteiger partial charge in [-0.15, -0.1) is 0 Å². The van der Waals surface area contributed by atoms with Crippen molar-refractivity contribution in [2.75, 3.05) is 10.6 Å². The Morgan fingerprint density at radius 3 is 2.57 bits per heavy atom. The van der Waals surface area contributed by atoms with Crippen LogP contribution in [0.5, 0.6) is 0 Å². The maximum absolute atomic E-state index is 12.3. The highest BCUT2D eigenvalue weighted by atomic mass is 35.5. The molecular formula is C16H14ClN3O3. The Bertz CT molecular complexity index is 775. The fourth-order valence-electron chi connectivity index (χ4n) is 2.15. The van der Waals surface area contributed by atoms with Crippen LogP contribution in [0.1, 0.15) is 23.2 Å². The molecule has 2 aromatic rings. The summed E-state index contributed by atoms with van der Waals surface area (Å²) >= 11 is 5.99. The van der Waals surface area contributed by atoms with Crippen LogP contribution in [0.15, 0.2) is 42.5 Å². The average Bonchev–Trinajstić information content (AvgIpc) is 3.33. The van der Waals surface area contributed by atoms with Crippen molar-refractivity contribution in [2.45, 2.75) is 18.9 Å². The van der Waals surface area contributed by atoms with Crippen LogP contribution < -0.4 is 10.6 Å². The van der Waals surface area contributed by atoms with Crippen LogP contribution in [0.25, 0.3) is 0 Å². The molecule has 3 rings (SSSR count). The lowest BCUT2D eigenvalue weighted by Gasteiger charge is -2.09. The summed E-state index contributed by atoms with van der Waals surface area (Å²) in [4.78, 5) is 23.0. The molecule has 7 heteroatoms. The lowest BCUT2D eigenvalue weighted by molar-refractivity contribution is -0.384. The Morgan fingerprint density at radius 2 is 1.91 bits per heavy atom. The zero-order chi connectivity index (χ0) is 16.4. The molecule has 0 radical (unpaired) electrons. The van der Waals surface area contributed by atoms with Gasteiger partial charge in [-0.2, -0.15) is 0 Å². The smallest absolute Gasteiger partial charge is 0.293 e. The van der Waals surface area contributed by atoms with Crippen molar-refractivity contribution in [1.29, 1.82) is 0 Å². The molecule has 1 aliphatic carbocycles. The predicted octanol–water partition coefficient (Wildman–Crippen LogP) is 4.07. The van der Waals surface area contributed by atoms with E-state index in [2.05, 4.69) is 10.6 Å². The highest BCUT2D eigenvalue weighted by Crippen LogP contribution is 2.32. The Labute approximate surface area is 137 Å². The second kappa shape index (κ2) is 6.26. The molecule has 2 aromatic carbocycles. The second-order valence-corrected chi connectivity index (χ2v) is 5.75. The first-order chi connectivity index (χ1) is 11.0. The van der Waals surface area contributed by atoms with Crippen LogP contribution in [0, 0.1) is 10.1 Å². The fourth-order valence-corrected chi connectivity index (χ4v) is 2.33. The van der Waals surface area contributed by atoms with E-state index < -0.39 is 10.8 Å². The van der Waals surface area contributed by atoms with E-state index in [9.17, 15) is 14.9 Å². The van der Waals surface area contributed by atoms with Gasteiger partial charge in [-0.05, 0) is 37.1 Å². The Hall–Kier alpha value is -2.60. The quantitative estimate of drug-likeness (QED) is 0.638. The molecule has 0 saturated heterocycles. The van der Waals surface area contributed by atoms with Gasteiger partial charge < -0.3 is 10.6 Å². The number of nitrogens with zero attached hydrogens (tertiary/aromatic N) is 1. The SMILES string of the molecule is O=C(Nc1ccccc1Cl)c1ccc(NC2CC2)c([N+](=O)[O-])c1. The van der Waals surface area contributed by atoms with E-state index in [0.29, 0.717) is 16.4 Å². The van der Waals surface area contributed by atoms with E-state index in [1.165, 1.54) is 6.07 Å². The monoisotopic (exact) mass is 331 g/mol. The molecule has 0 aliphatic heterocycles. The van der Waals surface area contributed by atoms with Gasteiger partial charge in [-0.1, -0.05) is 23.7 Å². The third-order valence-electron chi connectivity index (χ3n) is 3.52. The van der Waals surface area contributed by atoms with Crippen molar-refractivity contribution >= 4 is 34.6 Å². The summed E-state index contributed by atoms with van der Waals surface area (Å²) in [5.41, 5.74) is 0.996. The molecule has 1 aliphatic rings. The minimum atomic E-state index is -0.489. The van der Waals surface area contributed by atoms with Gasteiger partial charge in [-0.3, -0.25) is 14.9 Å². The first kappa shape index (κ1) is 15.3. The fraction of sp³-hybridized carbons (Fsp3) is 0.188. The zero-order valence-electron chi connectivity index (χ0n) is 12.1. The normalized spacial score (nSPS) is 13.4. The van der Waals surface area contributed by atoms with E-state index in [0.717, 1.165) is 12.8 Å². The molecule has 23 heavy (non-hydrogen) atoms. The number of benzene rings is 2. The van der Waals surface area contributed by atoms with Crippen LogP contribution in [-0.2, 0) is 0 Å². The summed E-state index contributed by atoms with van der Waals surface area (Å²) in [6, 6.07) is 11.5. The summed E-state index contributed by atoms with van der Waals surface area (Å²) in [5, 5.41) is 17.4. The highest BCUT2D eigenvalue weighted by molar-refractivity contribution is 6.33. The third-order valence-corrected chi connectivity index (χ3v) is 3.85. The van der Waals surface area contributed by atoms with Gasteiger partial charge >= 0.3 is 0 Å². The van der Waals surface area contributed by atoms with Crippen LogP contribution in [0.2, 0.25) is 5.02 Å². The van der Waals surface area contributed by atoms with Crippen LogP contribution in [0.4, 0.5) is 17.1 Å². The minimum Gasteiger partial charge on any atom is -0.377 e. The van der Waals surface area contributed by atoms with Crippen LogP contribution in [-0.4, -0.2) is 16.9 Å². The molecule has 1 fully saturated rings. The molecular weight excluding hydrogens is 318 g/mol. The maximum Gasteiger partial charge on any atom is 0.293 e. The topological polar surface area (TPSA) is 84.3 Å². The number of halogens is 1. The summed E-state index contributed by atoms with van der Waals surface area (Å²) < 4.78 is 0. The Kier molecular flexibility index (Phi) is 4.16. The number of para-hydroxylation sites is 1. The van der Waals surface area contributed by atoms with E-state index in [-0.39, 0.29) is 17.3 Å². The van der Waals surface area contributed by atoms with Crippen molar-refractivity contribution in [2.24, 2.45) is 0 Å². The number of rotatable bonds is 5. The molecule has 1 saturated carbocycles. The number of hydrogen-bond donors (Lipinski definition) is 2. The molecule has 0 heterocycles. The third kappa shape index (κ3) is 3.60. The molecule has 0 bridgehead atoms. The molecule has 2 N–H and O–H groups in total. The van der Waals surface area contributed by atoms with Gasteiger partial charge in [0.15, 0.2) is 0 Å². The van der Waals surface area contributed by atoms with Crippen molar-refractivity contribution in [3.8, 4) is 0 Å². The van der Waals surface area contributed by atoms with Crippen molar-refractivity contribution in [1.82, 2.24) is 0 Å². The number of nitrogens with one attached hydrogen (secondary N) is 2. The van der Waals surface area contributed by atoms with E-state index in [1.807, 2.05) is 0 Å². The minimum absolute atomic E-state index is 0.108. The van der Waals surface area contributed by atoms with Gasteiger partial charge in [0.1, 0.15) is 5.69 Å². The van der Waals surface area contributed by atoms with Gasteiger partial charge in [0.2, 0.25) is 0 Å². The number of carbonyl (C=O) groups is 1. The molecule has 6 nitrogen and oxygen atoms in total. The summed E-state index contributed by atoms with van der Waals surface area (Å²) in [6.07, 6.45) is 2.01. The number of anilines is 2. The molecule has 0 aromatic heterocycles. The van der Waals surface area contributed by atoms with E-state index in [4.69, 9.17) is 11.6 Å². The Morgan fingerprint density at radius 1 is 1.17 bits per heavy atom. The van der Waals surface area contributed by atoms with Crippen molar-refractivity contribution in [3.63, 3.8) is 0 Å². The molecule has 0 atom stereocenters. The standard InChI is InChI=1S/C16H14ClN3O3/c17-12-3-1-2-4-13(12)19-16(21)10-5-8-14(18-11-6-7-11)15(9-10)20(22)23/h1-5,8-9,11,18H,6-7H2,(H,19,21). The summed E-state index contributed by atoms with van der Waals surface area (Å²) in [7, 11) is 0. The van der Waals surface area contributed by atoms with Crippen LogP contribution in [0.3, 0.4) is 0 Å². The largest absolute Gasteiger partial charge is 0.377 e. The number of nitro benzene ring substituents is 1. The first-order valence-corrected chi connectivity index (χ1v) is 7.53. The predicted molar refractivity (Wildman–Crippen MR) is 89.1 cm³/mol. The van der Waals surface area contributed by atoms with Crippen molar-refractivity contribution in [3.05, 3.63) is 63.2 Å². The molecule has 1 amide bonds. The van der Waals surface area contributed by atoms with Gasteiger partial charge in [0, 0.05) is 17.7 Å². The lowest BCUT2D eigenvalue weighted by atomic mass is 10.1. The Balaban J connectivity index is 1.84. The second-order valence-electron chi connectivity index (χ2n) is 5.34. The number of nitro groups is 1. The molecule has 0 unspecified atom stereocenters. The highest BCUT2D eigenvalue weighted by Gasteiger charge is 2.25. The number of carbonyl (C=O) groups excluding carboxylic acids is 1. The molecule has 0 spiro atoms. The first-order valence-electron chi connectivity index (χ1n) is 7.15. The number of hydrogen-bond acceptors (Lipinski definition) is 4. The summed E-state index contributed by atoms with van der Waals surface area (Å²) in [6.45, 7) is 0. The van der Waals surface area contributed by atoms with Gasteiger partial charge in [0.25, 0.3) is 11.6 Å². The van der Waals surface area contributed by atoms with E-state index >= 15 is 0 Å². The van der Waals surface area contributed by atoms with Gasteiger partial charge in [-0.25, -0.2) is 0 Å². The van der Waals surface area contributed by atoms with Crippen LogP contribution >= 0.6 is 11.6 Å². The molecule has 118 valence electrons. The van der Waals surface area contributed by atoms with E-state index in [1.54, 1.807) is 36.4 Å². The lowest BCUT2D eigenvalue weighted by Crippen LogP contribution is -2.13. The zero-order valence-corrected chi connectivity index (χ0v) is 12.8.